The minimum absolute atomic E-state index is 0.176. The fraction of sp³-hybridized carbons (Fsp3) is 0.421. The number of aromatic nitrogens is 2. The Kier molecular flexibility index (Phi) is 6.86. The molecule has 0 saturated carbocycles. The summed E-state index contributed by atoms with van der Waals surface area (Å²) in [5.74, 6) is -3.16. The molecule has 0 spiro atoms. The average Bonchev–Trinajstić information content (AvgIpc) is 2.71. The first-order valence-electron chi connectivity index (χ1n) is 9.32. The van der Waals surface area contributed by atoms with Crippen LogP contribution in [0.15, 0.2) is 30.6 Å². The predicted molar refractivity (Wildman–Crippen MR) is 97.5 cm³/mol. The highest BCUT2D eigenvalue weighted by Gasteiger charge is 2.47. The van der Waals surface area contributed by atoms with E-state index in [1.807, 2.05) is 0 Å². The van der Waals surface area contributed by atoms with Crippen LogP contribution in [0.4, 0.5) is 36.6 Å². The summed E-state index contributed by atoms with van der Waals surface area (Å²) in [7, 11) is 0. The molecule has 1 saturated heterocycles. The molecule has 13 heteroatoms. The molecule has 1 aromatic carbocycles. The topological polar surface area (TPSA) is 67.3 Å². The van der Waals surface area contributed by atoms with Crippen molar-refractivity contribution in [3.05, 3.63) is 42.2 Å². The third-order valence-corrected chi connectivity index (χ3v) is 4.90. The van der Waals surface area contributed by atoms with Crippen molar-refractivity contribution in [2.75, 3.05) is 11.9 Å². The lowest BCUT2D eigenvalue weighted by Gasteiger charge is -2.47. The van der Waals surface area contributed by atoms with Gasteiger partial charge >= 0.3 is 6.36 Å². The van der Waals surface area contributed by atoms with Crippen molar-refractivity contribution in [2.24, 2.45) is 0 Å². The summed E-state index contributed by atoms with van der Waals surface area (Å²) in [6.45, 7) is 0.809. The van der Waals surface area contributed by atoms with Gasteiger partial charge in [0.1, 0.15) is 30.0 Å². The zero-order valence-electron chi connectivity index (χ0n) is 16.4. The van der Waals surface area contributed by atoms with E-state index in [2.05, 4.69) is 20.0 Å². The summed E-state index contributed by atoms with van der Waals surface area (Å²) < 4.78 is 95.1. The summed E-state index contributed by atoms with van der Waals surface area (Å²) in [4.78, 5) is 21.0. The number of anilines is 1. The normalized spacial score (nSPS) is 19.6. The number of ether oxygens (including phenoxy) is 1. The second-order valence-corrected chi connectivity index (χ2v) is 7.05. The smallest absolute Gasteiger partial charge is 0.356 e. The zero-order chi connectivity index (χ0) is 23.6. The van der Waals surface area contributed by atoms with Gasteiger partial charge in [0.25, 0.3) is 0 Å². The molecule has 1 amide bonds. The van der Waals surface area contributed by atoms with Crippen LogP contribution in [-0.4, -0.2) is 58.3 Å². The number of nitrogens with one attached hydrogen (secondary N) is 1. The molecule has 0 bridgehead atoms. The van der Waals surface area contributed by atoms with Crippen LogP contribution in [0.3, 0.4) is 0 Å². The molecule has 0 aliphatic carbocycles. The van der Waals surface area contributed by atoms with Crippen LogP contribution in [0, 0.1) is 11.6 Å². The molecule has 6 nitrogen and oxygen atoms in total. The molecule has 3 rings (SSSR count). The molecule has 32 heavy (non-hydrogen) atoms. The molecular formula is C19H17F7N4O2. The van der Waals surface area contributed by atoms with Crippen LogP contribution in [0.25, 0.3) is 11.3 Å². The van der Waals surface area contributed by atoms with Gasteiger partial charge in [-0.05, 0) is 31.2 Å². The Balaban J connectivity index is 1.79. The number of hydrogen-bond donors (Lipinski definition) is 1. The maximum absolute atomic E-state index is 14.9. The highest BCUT2D eigenvalue weighted by Crippen LogP contribution is 2.30. The Hall–Kier alpha value is -2.96. The molecule has 2 heterocycles. The van der Waals surface area contributed by atoms with Crippen LogP contribution < -0.4 is 5.32 Å². The molecule has 1 aliphatic rings. The van der Waals surface area contributed by atoms with Crippen LogP contribution in [0.1, 0.15) is 13.3 Å². The van der Waals surface area contributed by atoms with E-state index in [1.54, 1.807) is 0 Å². The summed E-state index contributed by atoms with van der Waals surface area (Å²) >= 11 is 0. The Bertz CT molecular complexity index is 956. The first kappa shape index (κ1) is 23.7. The number of halogens is 7. The molecule has 0 unspecified atom stereocenters. The van der Waals surface area contributed by atoms with Crippen LogP contribution in [0.2, 0.25) is 0 Å². The minimum atomic E-state index is -4.91. The monoisotopic (exact) mass is 466 g/mol. The van der Waals surface area contributed by atoms with Gasteiger partial charge in [-0.3, -0.25) is 9.53 Å². The molecular weight excluding hydrogens is 449 g/mol. The maximum atomic E-state index is 14.9. The summed E-state index contributed by atoms with van der Waals surface area (Å²) in [5.41, 5.74) is -0.0868. The molecule has 1 N–H and O–H groups in total. The van der Waals surface area contributed by atoms with Crippen molar-refractivity contribution in [1.29, 1.82) is 0 Å². The number of benzene rings is 1. The van der Waals surface area contributed by atoms with Crippen molar-refractivity contribution in [3.63, 3.8) is 0 Å². The van der Waals surface area contributed by atoms with E-state index in [4.69, 9.17) is 0 Å². The Morgan fingerprint density at radius 1 is 1.22 bits per heavy atom. The van der Waals surface area contributed by atoms with Crippen LogP contribution in [0.5, 0.6) is 0 Å². The molecule has 1 aliphatic heterocycles. The third kappa shape index (κ3) is 5.44. The number of amides is 1. The molecule has 1 fully saturated rings. The number of nitrogens with zero attached hydrogens (tertiary/aromatic N) is 3. The van der Waals surface area contributed by atoms with Gasteiger partial charge in [-0.1, -0.05) is 0 Å². The number of alkyl halides is 5. The minimum Gasteiger partial charge on any atom is -0.356 e. The maximum Gasteiger partial charge on any atom is 0.522 e. The first-order chi connectivity index (χ1) is 15.0. The lowest BCUT2D eigenvalue weighted by atomic mass is 9.98. The molecule has 174 valence electrons. The predicted octanol–water partition coefficient (Wildman–Crippen LogP) is 3.99. The van der Waals surface area contributed by atoms with E-state index >= 15 is 0 Å². The van der Waals surface area contributed by atoms with Crippen molar-refractivity contribution < 1.29 is 40.3 Å². The standard InChI is InChI=1S/C19H17F7N4O2/c1-9-13(32-19(24,25)26)7-30(9)18(31)12(6-14(21)22)29-17-15(23)16(27-8-28-17)10-2-4-11(20)5-3-10/h2-5,8-9,12-14H,6-7H2,1H3,(H,27,28,29)/t9-,12+,13-/m0/s1. The summed E-state index contributed by atoms with van der Waals surface area (Å²) in [5, 5.41) is 2.30. The van der Waals surface area contributed by atoms with Gasteiger partial charge in [0.05, 0.1) is 6.04 Å². The van der Waals surface area contributed by atoms with Crippen LogP contribution >= 0.6 is 0 Å². The van der Waals surface area contributed by atoms with E-state index in [0.717, 1.165) is 23.4 Å². The fourth-order valence-electron chi connectivity index (χ4n) is 3.22. The van der Waals surface area contributed by atoms with Gasteiger partial charge in [0.15, 0.2) is 11.6 Å². The molecule has 2 aromatic rings. The Morgan fingerprint density at radius 2 is 1.88 bits per heavy atom. The van der Waals surface area contributed by atoms with Gasteiger partial charge in [-0.15, -0.1) is 13.2 Å². The highest BCUT2D eigenvalue weighted by atomic mass is 19.4. The first-order valence-corrected chi connectivity index (χ1v) is 9.32. The molecule has 1 aromatic heterocycles. The van der Waals surface area contributed by atoms with Gasteiger partial charge in [-0.25, -0.2) is 27.5 Å². The number of hydrogen-bond acceptors (Lipinski definition) is 5. The molecule has 0 radical (unpaired) electrons. The average molecular weight is 466 g/mol. The van der Waals surface area contributed by atoms with E-state index in [1.165, 1.54) is 19.1 Å². The van der Waals surface area contributed by atoms with E-state index in [0.29, 0.717) is 0 Å². The van der Waals surface area contributed by atoms with Gasteiger partial charge in [-0.2, -0.15) is 0 Å². The number of likely N-dealkylation sites (tertiary alicyclic amines) is 1. The highest BCUT2D eigenvalue weighted by molar-refractivity contribution is 5.86. The number of carbonyl (C=O) groups is 1. The number of carbonyl (C=O) groups excluding carboxylic acids is 1. The van der Waals surface area contributed by atoms with E-state index in [9.17, 15) is 35.5 Å². The van der Waals surface area contributed by atoms with E-state index < -0.39 is 67.3 Å². The lowest BCUT2D eigenvalue weighted by molar-refractivity contribution is -0.359. The summed E-state index contributed by atoms with van der Waals surface area (Å²) in [6, 6.07) is 1.92. The fourth-order valence-corrected chi connectivity index (χ4v) is 3.22. The van der Waals surface area contributed by atoms with Crippen molar-refractivity contribution in [2.45, 2.75) is 44.3 Å². The van der Waals surface area contributed by atoms with Crippen LogP contribution in [-0.2, 0) is 9.53 Å². The van der Waals surface area contributed by atoms with E-state index in [-0.39, 0.29) is 11.3 Å². The zero-order valence-corrected chi connectivity index (χ0v) is 16.4. The number of rotatable bonds is 7. The summed E-state index contributed by atoms with van der Waals surface area (Å²) in [6.07, 6.45) is -9.34. The van der Waals surface area contributed by atoms with Gasteiger partial charge in [0, 0.05) is 18.5 Å². The third-order valence-electron chi connectivity index (χ3n) is 4.90. The van der Waals surface area contributed by atoms with Gasteiger partial charge < -0.3 is 10.2 Å². The van der Waals surface area contributed by atoms with Crippen molar-refractivity contribution in [1.82, 2.24) is 14.9 Å². The van der Waals surface area contributed by atoms with Gasteiger partial charge in [0.2, 0.25) is 12.3 Å². The largest absolute Gasteiger partial charge is 0.522 e. The Morgan fingerprint density at radius 3 is 2.44 bits per heavy atom. The SMILES string of the molecule is C[C@H]1[C@@H](OC(F)(F)F)CN1C(=O)[C@@H](CC(F)F)Nc1ncnc(-c2ccc(F)cc2)c1F. The molecule has 3 atom stereocenters. The second kappa shape index (κ2) is 9.27. The lowest BCUT2D eigenvalue weighted by Crippen LogP contribution is -2.65. The quantitative estimate of drug-likeness (QED) is 0.626. The second-order valence-electron chi connectivity index (χ2n) is 7.05. The van der Waals surface area contributed by atoms with Crippen molar-refractivity contribution >= 4 is 11.7 Å². The van der Waals surface area contributed by atoms with Crippen molar-refractivity contribution in [3.8, 4) is 11.3 Å². The Labute approximate surface area is 177 Å².